The molecule has 0 saturated carbocycles. The van der Waals surface area contributed by atoms with Crippen molar-refractivity contribution in [2.75, 3.05) is 29.9 Å². The average Bonchev–Trinajstić information content (AvgIpc) is 2.99. The number of nitrogen functional groups attached to an aromatic ring is 1. The van der Waals surface area contributed by atoms with Crippen LogP contribution in [0.4, 0.5) is 11.6 Å². The summed E-state index contributed by atoms with van der Waals surface area (Å²) in [5, 5.41) is 6.90. The summed E-state index contributed by atoms with van der Waals surface area (Å²) in [6.07, 6.45) is 3.78. The van der Waals surface area contributed by atoms with Gasteiger partial charge in [0.05, 0.1) is 23.3 Å². The fourth-order valence-electron chi connectivity index (χ4n) is 2.94. The molecule has 0 unspecified atom stereocenters. The van der Waals surface area contributed by atoms with Gasteiger partial charge in [-0.2, -0.15) is 9.40 Å². The van der Waals surface area contributed by atoms with E-state index in [1.807, 2.05) is 6.92 Å². The van der Waals surface area contributed by atoms with E-state index in [1.54, 1.807) is 30.8 Å². The molecule has 3 N–H and O–H groups in total. The van der Waals surface area contributed by atoms with E-state index in [-0.39, 0.29) is 26.7 Å². The number of carbonyl (C=O) groups excluding carboxylic acids is 1. The molecule has 0 bridgehead atoms. The first kappa shape index (κ1) is 20.0. The van der Waals surface area contributed by atoms with Crippen LogP contribution in [-0.2, 0) is 17.1 Å². The van der Waals surface area contributed by atoms with Gasteiger partial charge in [-0.3, -0.25) is 9.48 Å². The molecular formula is C17H27N7O3S. The second-order valence-corrected chi connectivity index (χ2v) is 8.73. The molecule has 10 nitrogen and oxygen atoms in total. The van der Waals surface area contributed by atoms with Gasteiger partial charge in [0, 0.05) is 29.1 Å². The zero-order valence-corrected chi connectivity index (χ0v) is 16.8. The Bertz CT molecular complexity index is 1050. The number of amides is 1. The van der Waals surface area contributed by atoms with Crippen LogP contribution < -0.4 is 11.1 Å². The summed E-state index contributed by atoms with van der Waals surface area (Å²) in [5.74, 6) is 0.120. The molecule has 1 amide bonds. The predicted molar refractivity (Wildman–Crippen MR) is 110 cm³/mol. The Morgan fingerprint density at radius 3 is 2.75 bits per heavy atom. The lowest BCUT2D eigenvalue weighted by molar-refractivity contribution is 0.102. The third-order valence-electron chi connectivity index (χ3n) is 4.52. The molecule has 11 heteroatoms. The molecule has 2 aromatic heterocycles. The second kappa shape index (κ2) is 7.68. The van der Waals surface area contributed by atoms with Crippen LogP contribution in [0, 0.1) is 6.92 Å². The zero-order chi connectivity index (χ0) is 20.5. The fraction of sp³-hybridized carbons (Fsp3) is 0.412. The lowest BCUT2D eigenvalue weighted by Gasteiger charge is -2.25. The molecule has 3 heterocycles. The maximum absolute atomic E-state index is 12.6. The van der Waals surface area contributed by atoms with E-state index in [2.05, 4.69) is 20.4 Å². The molecule has 0 aliphatic carbocycles. The number of nitrogens with one attached hydrogen (secondary N) is 1. The van der Waals surface area contributed by atoms with Gasteiger partial charge >= 0.3 is 0 Å². The smallest absolute Gasteiger partial charge is 0.279 e. The summed E-state index contributed by atoms with van der Waals surface area (Å²) in [5.41, 5.74) is 7.98. The molecule has 0 aromatic carbocycles. The number of hydrogen-bond donors (Lipinski definition) is 2. The zero-order valence-electron chi connectivity index (χ0n) is 16.0. The molecule has 1 aliphatic heterocycles. The van der Waals surface area contributed by atoms with Crippen molar-refractivity contribution in [2.24, 2.45) is 7.05 Å². The van der Waals surface area contributed by atoms with Gasteiger partial charge in [-0.15, -0.1) is 0 Å². The standard InChI is InChI=1S/C17H23N7O3S.2H2/c1-4-28(26,27)24-7-5-12(6-8-24)13-10-19-16(18)15(20-13)17(25)21-14-9-11(2)22-23(14)3;;/h5,9-10H,4,6-8H2,1-3H3,(H2,18,19)(H,21,25);2*1H. The highest BCUT2D eigenvalue weighted by Crippen LogP contribution is 2.23. The summed E-state index contributed by atoms with van der Waals surface area (Å²) in [6, 6.07) is 1.73. The fourth-order valence-corrected chi connectivity index (χ4v) is 3.98. The third kappa shape index (κ3) is 4.04. The van der Waals surface area contributed by atoms with E-state index in [0.717, 1.165) is 11.3 Å². The SMILES string of the molecule is CCS(=O)(=O)N1CC=C(c2cnc(N)c(C(=O)Nc3cc(C)nn3C)n2)CC1.[HH].[HH]. The minimum atomic E-state index is -3.23. The van der Waals surface area contributed by atoms with Crippen molar-refractivity contribution < 1.29 is 16.1 Å². The number of aryl methyl sites for hydroxylation is 2. The second-order valence-electron chi connectivity index (χ2n) is 6.48. The number of hydrogen-bond acceptors (Lipinski definition) is 7. The first-order valence-electron chi connectivity index (χ1n) is 8.83. The summed E-state index contributed by atoms with van der Waals surface area (Å²) in [6.45, 7) is 4.08. The molecule has 1 aliphatic rings. The van der Waals surface area contributed by atoms with Crippen LogP contribution in [0.1, 0.15) is 38.1 Å². The minimum absolute atomic E-state index is 0. The van der Waals surface area contributed by atoms with Crippen molar-refractivity contribution in [3.05, 3.63) is 35.4 Å². The Labute approximate surface area is 166 Å². The van der Waals surface area contributed by atoms with Gasteiger partial charge in [-0.1, -0.05) is 6.08 Å². The monoisotopic (exact) mass is 409 g/mol. The normalized spacial score (nSPS) is 15.3. The largest absolute Gasteiger partial charge is 0.382 e. The van der Waals surface area contributed by atoms with Crippen molar-refractivity contribution in [3.8, 4) is 0 Å². The highest BCUT2D eigenvalue weighted by atomic mass is 32.2. The van der Waals surface area contributed by atoms with Crippen molar-refractivity contribution >= 4 is 33.1 Å². The Kier molecular flexibility index (Phi) is 5.47. The summed E-state index contributed by atoms with van der Waals surface area (Å²) < 4.78 is 26.9. The summed E-state index contributed by atoms with van der Waals surface area (Å²) in [4.78, 5) is 21.1. The van der Waals surface area contributed by atoms with Crippen molar-refractivity contribution in [3.63, 3.8) is 0 Å². The lowest BCUT2D eigenvalue weighted by Crippen LogP contribution is -2.35. The summed E-state index contributed by atoms with van der Waals surface area (Å²) in [7, 11) is -1.51. The van der Waals surface area contributed by atoms with Gasteiger partial charge in [0.2, 0.25) is 10.0 Å². The molecule has 0 spiro atoms. The number of nitrogens with zero attached hydrogens (tertiary/aromatic N) is 5. The third-order valence-corrected chi connectivity index (χ3v) is 6.37. The molecule has 0 fully saturated rings. The van der Waals surface area contributed by atoms with E-state index >= 15 is 0 Å². The molecule has 0 atom stereocenters. The molecular weight excluding hydrogens is 382 g/mol. The Morgan fingerprint density at radius 1 is 1.43 bits per heavy atom. The Morgan fingerprint density at radius 2 is 2.18 bits per heavy atom. The van der Waals surface area contributed by atoms with Crippen LogP contribution in [0.3, 0.4) is 0 Å². The van der Waals surface area contributed by atoms with E-state index < -0.39 is 15.9 Å². The molecule has 28 heavy (non-hydrogen) atoms. The molecule has 0 saturated heterocycles. The van der Waals surface area contributed by atoms with Gasteiger partial charge in [0.25, 0.3) is 5.91 Å². The van der Waals surface area contributed by atoms with E-state index in [9.17, 15) is 13.2 Å². The molecule has 0 radical (unpaired) electrons. The number of aromatic nitrogens is 4. The van der Waals surface area contributed by atoms with Gasteiger partial charge in [-0.05, 0) is 25.8 Å². The van der Waals surface area contributed by atoms with Crippen molar-refractivity contribution in [2.45, 2.75) is 20.3 Å². The number of carbonyl (C=O) groups is 1. The van der Waals surface area contributed by atoms with E-state index in [0.29, 0.717) is 24.5 Å². The lowest BCUT2D eigenvalue weighted by atomic mass is 10.1. The topological polar surface area (TPSA) is 136 Å². The van der Waals surface area contributed by atoms with Crippen LogP contribution in [0.5, 0.6) is 0 Å². The quantitative estimate of drug-likeness (QED) is 0.759. The van der Waals surface area contributed by atoms with Crippen molar-refractivity contribution in [1.82, 2.24) is 24.1 Å². The Hall–Kier alpha value is -2.79. The van der Waals surface area contributed by atoms with Crippen LogP contribution in [0.25, 0.3) is 5.57 Å². The Balaban J connectivity index is 0.00000225. The maximum Gasteiger partial charge on any atom is 0.279 e. The number of anilines is 2. The van der Waals surface area contributed by atoms with Gasteiger partial charge in [-0.25, -0.2) is 18.4 Å². The minimum Gasteiger partial charge on any atom is -0.382 e. The van der Waals surface area contributed by atoms with Gasteiger partial charge < -0.3 is 11.1 Å². The van der Waals surface area contributed by atoms with E-state index in [4.69, 9.17) is 5.73 Å². The van der Waals surface area contributed by atoms with Crippen LogP contribution >= 0.6 is 0 Å². The maximum atomic E-state index is 12.6. The molecule has 3 rings (SSSR count). The van der Waals surface area contributed by atoms with Crippen LogP contribution in [-0.4, -0.2) is 57.2 Å². The highest BCUT2D eigenvalue weighted by molar-refractivity contribution is 7.89. The molecule has 154 valence electrons. The van der Waals surface area contributed by atoms with E-state index in [1.165, 1.54) is 10.5 Å². The first-order chi connectivity index (χ1) is 13.2. The van der Waals surface area contributed by atoms with Gasteiger partial charge in [0.1, 0.15) is 5.82 Å². The van der Waals surface area contributed by atoms with Gasteiger partial charge in [0.15, 0.2) is 11.5 Å². The highest BCUT2D eigenvalue weighted by Gasteiger charge is 2.24. The number of rotatable bonds is 5. The van der Waals surface area contributed by atoms with Crippen LogP contribution in [0.2, 0.25) is 0 Å². The van der Waals surface area contributed by atoms with Crippen molar-refractivity contribution in [1.29, 1.82) is 0 Å². The first-order valence-corrected chi connectivity index (χ1v) is 10.4. The number of nitrogens with two attached hydrogens (primary N) is 1. The number of sulfonamides is 1. The summed E-state index contributed by atoms with van der Waals surface area (Å²) >= 11 is 0. The predicted octanol–water partition coefficient (Wildman–Crippen LogP) is 1.28. The molecule has 2 aromatic rings. The average molecular weight is 410 g/mol. The van der Waals surface area contributed by atoms with Crippen LogP contribution in [0.15, 0.2) is 18.3 Å².